The fourth-order valence-corrected chi connectivity index (χ4v) is 1.62. The minimum Gasteiger partial charge on any atom is -0.323 e. The molecule has 0 fully saturated rings. The van der Waals surface area contributed by atoms with E-state index in [0.717, 1.165) is 0 Å². The van der Waals surface area contributed by atoms with Gasteiger partial charge in [-0.25, -0.2) is 4.98 Å². The molecule has 0 radical (unpaired) electrons. The van der Waals surface area contributed by atoms with Gasteiger partial charge in [0.1, 0.15) is 0 Å². The lowest BCUT2D eigenvalue weighted by Gasteiger charge is -2.12. The van der Waals surface area contributed by atoms with Gasteiger partial charge in [-0.2, -0.15) is 13.2 Å². The molecular weight excluding hydrogens is 243 g/mol. The van der Waals surface area contributed by atoms with Gasteiger partial charge in [-0.1, -0.05) is 12.1 Å². The number of aromatic nitrogens is 2. The lowest BCUT2D eigenvalue weighted by Crippen LogP contribution is -2.17. The summed E-state index contributed by atoms with van der Waals surface area (Å²) in [7, 11) is 0. The molecule has 0 aliphatic heterocycles. The third kappa shape index (κ3) is 3.16. The molecule has 1 atom stereocenters. The van der Waals surface area contributed by atoms with Crippen molar-refractivity contribution in [2.45, 2.75) is 25.1 Å². The summed E-state index contributed by atoms with van der Waals surface area (Å²) in [6.45, 7) is 0. The Morgan fingerprint density at radius 1 is 1.17 bits per heavy atom. The quantitative estimate of drug-likeness (QED) is 0.917. The standard InChI is InChI=1S/C12H12F3N3/c13-12(14,15)6-5-8(16)11-7-17-9-3-1-2-4-10(9)18-11/h1-4,7-8H,5-6,16H2. The highest BCUT2D eigenvalue weighted by Gasteiger charge is 2.28. The lowest BCUT2D eigenvalue weighted by molar-refractivity contribution is -0.136. The van der Waals surface area contributed by atoms with Crippen molar-refractivity contribution in [2.24, 2.45) is 5.73 Å². The van der Waals surface area contributed by atoms with Crippen LogP contribution in [0.2, 0.25) is 0 Å². The lowest BCUT2D eigenvalue weighted by atomic mass is 10.1. The van der Waals surface area contributed by atoms with Crippen LogP contribution in [0.3, 0.4) is 0 Å². The maximum atomic E-state index is 12.1. The molecular formula is C12H12F3N3. The molecule has 0 saturated heterocycles. The first-order chi connectivity index (χ1) is 8.46. The van der Waals surface area contributed by atoms with Crippen molar-refractivity contribution in [3.63, 3.8) is 0 Å². The van der Waals surface area contributed by atoms with Crippen LogP contribution in [0.15, 0.2) is 30.5 Å². The SMILES string of the molecule is NC(CCC(F)(F)F)c1cnc2ccccc2n1. The third-order valence-corrected chi connectivity index (χ3v) is 2.59. The van der Waals surface area contributed by atoms with E-state index < -0.39 is 18.6 Å². The van der Waals surface area contributed by atoms with Crippen molar-refractivity contribution in [1.29, 1.82) is 0 Å². The van der Waals surface area contributed by atoms with E-state index in [2.05, 4.69) is 9.97 Å². The van der Waals surface area contributed by atoms with Gasteiger partial charge >= 0.3 is 6.18 Å². The molecule has 1 unspecified atom stereocenters. The smallest absolute Gasteiger partial charge is 0.323 e. The highest BCUT2D eigenvalue weighted by Crippen LogP contribution is 2.25. The van der Waals surface area contributed by atoms with Gasteiger partial charge in [0.15, 0.2) is 0 Å². The van der Waals surface area contributed by atoms with Gasteiger partial charge < -0.3 is 5.73 Å². The Morgan fingerprint density at radius 2 is 1.83 bits per heavy atom. The number of rotatable bonds is 3. The first-order valence-electron chi connectivity index (χ1n) is 5.50. The van der Waals surface area contributed by atoms with Gasteiger partial charge in [-0.05, 0) is 18.6 Å². The number of alkyl halides is 3. The second kappa shape index (κ2) is 4.89. The number of fused-ring (bicyclic) bond motifs is 1. The molecule has 96 valence electrons. The van der Waals surface area contributed by atoms with E-state index >= 15 is 0 Å². The van der Waals surface area contributed by atoms with Gasteiger partial charge in [0, 0.05) is 12.5 Å². The number of benzene rings is 1. The molecule has 1 aromatic carbocycles. The second-order valence-corrected chi connectivity index (χ2v) is 4.04. The molecule has 6 heteroatoms. The Hall–Kier alpha value is -1.69. The average molecular weight is 255 g/mol. The van der Waals surface area contributed by atoms with Crippen molar-refractivity contribution < 1.29 is 13.2 Å². The molecule has 1 heterocycles. The van der Waals surface area contributed by atoms with Crippen LogP contribution in [-0.4, -0.2) is 16.1 Å². The minimum atomic E-state index is -4.19. The normalized spacial score (nSPS) is 13.8. The van der Waals surface area contributed by atoms with E-state index in [-0.39, 0.29) is 6.42 Å². The fraction of sp³-hybridized carbons (Fsp3) is 0.333. The fourth-order valence-electron chi connectivity index (χ4n) is 1.62. The molecule has 0 aliphatic carbocycles. The summed E-state index contributed by atoms with van der Waals surface area (Å²) in [5.41, 5.74) is 7.41. The van der Waals surface area contributed by atoms with Crippen molar-refractivity contribution in [1.82, 2.24) is 9.97 Å². The predicted octanol–water partition coefficient (Wildman–Crippen LogP) is 2.97. The number of hydrogen-bond acceptors (Lipinski definition) is 3. The van der Waals surface area contributed by atoms with Crippen molar-refractivity contribution in [2.75, 3.05) is 0 Å². The predicted molar refractivity (Wildman–Crippen MR) is 61.8 cm³/mol. The van der Waals surface area contributed by atoms with Gasteiger partial charge in [0.25, 0.3) is 0 Å². The largest absolute Gasteiger partial charge is 0.389 e. The first-order valence-corrected chi connectivity index (χ1v) is 5.50. The Morgan fingerprint density at radius 3 is 2.50 bits per heavy atom. The molecule has 2 rings (SSSR count). The zero-order valence-electron chi connectivity index (χ0n) is 9.48. The highest BCUT2D eigenvalue weighted by atomic mass is 19.4. The number of nitrogens with zero attached hydrogens (tertiary/aromatic N) is 2. The summed E-state index contributed by atoms with van der Waals surface area (Å²) in [6, 6.07) is 6.40. The van der Waals surface area contributed by atoms with Crippen LogP contribution < -0.4 is 5.73 Å². The Kier molecular flexibility index (Phi) is 3.47. The van der Waals surface area contributed by atoms with E-state index in [4.69, 9.17) is 5.73 Å². The molecule has 0 amide bonds. The van der Waals surface area contributed by atoms with E-state index in [1.807, 2.05) is 6.07 Å². The van der Waals surface area contributed by atoms with Gasteiger partial charge in [0.2, 0.25) is 0 Å². The molecule has 2 N–H and O–H groups in total. The topological polar surface area (TPSA) is 51.8 Å². The highest BCUT2D eigenvalue weighted by molar-refractivity contribution is 5.73. The van der Waals surface area contributed by atoms with Crippen molar-refractivity contribution >= 4 is 11.0 Å². The summed E-state index contributed by atoms with van der Waals surface area (Å²) >= 11 is 0. The number of halogens is 3. The summed E-state index contributed by atoms with van der Waals surface area (Å²) in [5, 5.41) is 0. The maximum Gasteiger partial charge on any atom is 0.389 e. The van der Waals surface area contributed by atoms with E-state index in [1.54, 1.807) is 18.2 Å². The third-order valence-electron chi connectivity index (χ3n) is 2.59. The molecule has 1 aromatic heterocycles. The maximum absolute atomic E-state index is 12.1. The summed E-state index contributed by atoms with van der Waals surface area (Å²) in [4.78, 5) is 8.34. The van der Waals surface area contributed by atoms with Crippen LogP contribution in [0, 0.1) is 0 Å². The molecule has 3 nitrogen and oxygen atoms in total. The number of para-hydroxylation sites is 2. The van der Waals surface area contributed by atoms with Gasteiger partial charge in [-0.15, -0.1) is 0 Å². The molecule has 0 spiro atoms. The molecule has 18 heavy (non-hydrogen) atoms. The van der Waals surface area contributed by atoms with Crippen LogP contribution in [0.25, 0.3) is 11.0 Å². The van der Waals surface area contributed by atoms with Gasteiger partial charge in [0.05, 0.1) is 22.9 Å². The zero-order chi connectivity index (χ0) is 13.2. The van der Waals surface area contributed by atoms with E-state index in [1.165, 1.54) is 6.20 Å². The molecule has 0 saturated carbocycles. The summed E-state index contributed by atoms with van der Waals surface area (Å²) in [5.74, 6) is 0. The Labute approximate surface area is 102 Å². The molecule has 0 aliphatic rings. The monoisotopic (exact) mass is 255 g/mol. The first kappa shape index (κ1) is 12.8. The number of nitrogens with two attached hydrogens (primary N) is 1. The Bertz CT molecular complexity index is 539. The van der Waals surface area contributed by atoms with Crippen molar-refractivity contribution in [3.05, 3.63) is 36.2 Å². The Balaban J connectivity index is 2.15. The van der Waals surface area contributed by atoms with E-state index in [0.29, 0.717) is 16.7 Å². The minimum absolute atomic E-state index is 0.184. The zero-order valence-corrected chi connectivity index (χ0v) is 9.48. The average Bonchev–Trinajstić information content (AvgIpc) is 2.34. The van der Waals surface area contributed by atoms with E-state index in [9.17, 15) is 13.2 Å². The van der Waals surface area contributed by atoms with Gasteiger partial charge in [-0.3, -0.25) is 4.98 Å². The van der Waals surface area contributed by atoms with Crippen LogP contribution >= 0.6 is 0 Å². The summed E-state index contributed by atoms with van der Waals surface area (Å²) in [6.07, 6.45) is -3.86. The van der Waals surface area contributed by atoms with Crippen LogP contribution in [0.1, 0.15) is 24.6 Å². The second-order valence-electron chi connectivity index (χ2n) is 4.04. The molecule has 0 bridgehead atoms. The van der Waals surface area contributed by atoms with Crippen LogP contribution in [-0.2, 0) is 0 Å². The van der Waals surface area contributed by atoms with Crippen LogP contribution in [0.4, 0.5) is 13.2 Å². The summed E-state index contributed by atoms with van der Waals surface area (Å²) < 4.78 is 36.3. The number of hydrogen-bond donors (Lipinski definition) is 1. The van der Waals surface area contributed by atoms with Crippen LogP contribution in [0.5, 0.6) is 0 Å². The van der Waals surface area contributed by atoms with Crippen molar-refractivity contribution in [3.8, 4) is 0 Å². The molecule has 2 aromatic rings.